The molecular formula is C39H42NS+. The van der Waals surface area contributed by atoms with Crippen LogP contribution in [0.3, 0.4) is 0 Å². The molecule has 0 unspecified atom stereocenters. The molecule has 2 heteroatoms. The van der Waals surface area contributed by atoms with E-state index in [2.05, 4.69) is 140 Å². The first-order chi connectivity index (χ1) is 19.3. The first-order valence-corrected chi connectivity index (χ1v) is 16.0. The molecule has 1 nitrogen and oxygen atoms in total. The second-order valence-electron chi connectivity index (χ2n) is 14.8. The molecule has 1 aliphatic rings. The van der Waals surface area contributed by atoms with Gasteiger partial charge in [-0.25, -0.2) is 0 Å². The fourth-order valence-electron chi connectivity index (χ4n) is 7.43. The molecule has 41 heavy (non-hydrogen) atoms. The van der Waals surface area contributed by atoms with Crippen LogP contribution in [0.4, 0.5) is 0 Å². The minimum absolute atomic E-state index is 0.0369. The fraction of sp³-hybridized carbons (Fsp3) is 0.359. The Balaban J connectivity index is 1.64. The summed E-state index contributed by atoms with van der Waals surface area (Å²) in [5.74, 6) is 0.635. The molecule has 0 N–H and O–H groups in total. The van der Waals surface area contributed by atoms with Crippen LogP contribution in [-0.4, -0.2) is 0 Å². The Hall–Kier alpha value is -3.23. The van der Waals surface area contributed by atoms with Crippen molar-refractivity contribution in [2.45, 2.75) is 85.1 Å². The van der Waals surface area contributed by atoms with Crippen molar-refractivity contribution in [1.29, 1.82) is 0 Å². The van der Waals surface area contributed by atoms with Gasteiger partial charge in [-0.3, -0.25) is 0 Å². The van der Waals surface area contributed by atoms with Gasteiger partial charge >= 0.3 is 0 Å². The van der Waals surface area contributed by atoms with Crippen LogP contribution in [0.5, 0.6) is 0 Å². The van der Waals surface area contributed by atoms with Crippen molar-refractivity contribution in [1.82, 2.24) is 0 Å². The van der Waals surface area contributed by atoms with Crippen LogP contribution in [0, 0.1) is 5.92 Å². The van der Waals surface area contributed by atoms with Gasteiger partial charge in [0.1, 0.15) is 4.70 Å². The number of hydrogen-bond donors (Lipinski definition) is 0. The van der Waals surface area contributed by atoms with Crippen molar-refractivity contribution >= 4 is 53.1 Å². The van der Waals surface area contributed by atoms with Crippen LogP contribution in [0.25, 0.3) is 53.0 Å². The molecule has 0 amide bonds. The highest BCUT2D eigenvalue weighted by Gasteiger charge is 2.54. The molecule has 0 saturated carbocycles. The van der Waals surface area contributed by atoms with E-state index in [9.17, 15) is 0 Å². The van der Waals surface area contributed by atoms with Crippen LogP contribution in [-0.2, 0) is 22.8 Å². The molecule has 3 heterocycles. The SMILES string of the molecule is CC(C)Cc1cccc2cc3c(cc12)sc1c2[n+](ccc13)C(C)(C)C(C)(C)c1c-2cc(C(C)(C)C)c2ccccc12. The lowest BCUT2D eigenvalue weighted by Crippen LogP contribution is -2.65. The molecule has 0 fully saturated rings. The van der Waals surface area contributed by atoms with Gasteiger partial charge in [0.25, 0.3) is 0 Å². The van der Waals surface area contributed by atoms with Crippen LogP contribution in [0.15, 0.2) is 72.9 Å². The third-order valence-corrected chi connectivity index (χ3v) is 11.3. The summed E-state index contributed by atoms with van der Waals surface area (Å²) in [6.45, 7) is 21.4. The van der Waals surface area contributed by atoms with E-state index >= 15 is 0 Å². The lowest BCUT2D eigenvalue weighted by Gasteiger charge is -2.43. The Bertz CT molecular complexity index is 2030. The predicted octanol–water partition coefficient (Wildman–Crippen LogP) is 10.8. The lowest BCUT2D eigenvalue weighted by molar-refractivity contribution is -0.758. The largest absolute Gasteiger partial charge is 0.231 e. The summed E-state index contributed by atoms with van der Waals surface area (Å²) in [4.78, 5) is 0. The highest BCUT2D eigenvalue weighted by molar-refractivity contribution is 7.26. The molecule has 0 radical (unpaired) electrons. The molecule has 2 aromatic heterocycles. The van der Waals surface area contributed by atoms with Crippen molar-refractivity contribution in [3.8, 4) is 11.3 Å². The average molecular weight is 557 g/mol. The summed E-state index contributed by atoms with van der Waals surface area (Å²) >= 11 is 1.98. The average Bonchev–Trinajstić information content (AvgIpc) is 3.26. The zero-order chi connectivity index (χ0) is 29.1. The molecular weight excluding hydrogens is 515 g/mol. The topological polar surface area (TPSA) is 3.88 Å². The van der Waals surface area contributed by atoms with Gasteiger partial charge in [-0.1, -0.05) is 77.1 Å². The molecule has 6 aromatic rings. The third kappa shape index (κ3) is 3.69. The van der Waals surface area contributed by atoms with Gasteiger partial charge in [0.2, 0.25) is 5.69 Å². The maximum Gasteiger partial charge on any atom is 0.231 e. The third-order valence-electron chi connectivity index (χ3n) is 10.2. The summed E-state index contributed by atoms with van der Waals surface area (Å²) in [5, 5.41) is 8.31. The van der Waals surface area contributed by atoms with Gasteiger partial charge in [0, 0.05) is 35.4 Å². The Morgan fingerprint density at radius 2 is 1.51 bits per heavy atom. The quantitative estimate of drug-likeness (QED) is 0.187. The van der Waals surface area contributed by atoms with Gasteiger partial charge < -0.3 is 0 Å². The Labute approximate surface area is 248 Å². The summed E-state index contributed by atoms with van der Waals surface area (Å²) < 4.78 is 5.39. The van der Waals surface area contributed by atoms with Crippen LogP contribution in [0.1, 0.15) is 79.0 Å². The first kappa shape index (κ1) is 26.7. The summed E-state index contributed by atoms with van der Waals surface area (Å²) in [5.41, 5.74) is 7.02. The number of rotatable bonds is 2. The molecule has 0 aliphatic carbocycles. The van der Waals surface area contributed by atoms with Crippen molar-refractivity contribution in [2.75, 3.05) is 0 Å². The van der Waals surface area contributed by atoms with Crippen molar-refractivity contribution in [3.63, 3.8) is 0 Å². The first-order valence-electron chi connectivity index (χ1n) is 15.2. The van der Waals surface area contributed by atoms with E-state index in [4.69, 9.17) is 0 Å². The van der Waals surface area contributed by atoms with E-state index in [1.807, 2.05) is 11.3 Å². The molecule has 4 aromatic carbocycles. The molecule has 1 aliphatic heterocycles. The predicted molar refractivity (Wildman–Crippen MR) is 180 cm³/mol. The van der Waals surface area contributed by atoms with Crippen LogP contribution in [0.2, 0.25) is 0 Å². The molecule has 0 atom stereocenters. The standard InChI is InChI=1S/C39H42NS/c1-23(2)19-24-13-12-14-25-20-30-28-17-18-40-35(36(28)41-33(30)22-29(24)25)31-21-32(37(3,4)5)26-15-10-11-16-27(26)34(31)38(6,7)39(40,8)9/h10-18,20-23H,19H2,1-9H3/q+1. The highest BCUT2D eigenvalue weighted by atomic mass is 32.1. The van der Waals surface area contributed by atoms with E-state index in [1.54, 1.807) is 0 Å². The number of pyridine rings is 1. The zero-order valence-electron chi connectivity index (χ0n) is 26.1. The number of benzene rings is 4. The normalized spacial score (nSPS) is 16.1. The summed E-state index contributed by atoms with van der Waals surface area (Å²) in [7, 11) is 0. The van der Waals surface area contributed by atoms with Gasteiger partial charge in [-0.15, -0.1) is 11.3 Å². The Morgan fingerprint density at radius 3 is 2.22 bits per heavy atom. The number of aromatic nitrogens is 1. The Morgan fingerprint density at radius 1 is 0.780 bits per heavy atom. The van der Waals surface area contributed by atoms with E-state index in [-0.39, 0.29) is 16.4 Å². The van der Waals surface area contributed by atoms with E-state index in [0.29, 0.717) is 5.92 Å². The minimum Gasteiger partial charge on any atom is -0.191 e. The lowest BCUT2D eigenvalue weighted by atomic mass is 9.63. The number of thiophene rings is 1. The van der Waals surface area contributed by atoms with Gasteiger partial charge in [0.15, 0.2) is 11.7 Å². The fourth-order valence-corrected chi connectivity index (χ4v) is 8.69. The van der Waals surface area contributed by atoms with Crippen molar-refractivity contribution in [3.05, 3.63) is 89.6 Å². The summed E-state index contributed by atoms with van der Waals surface area (Å²) in [6.07, 6.45) is 3.48. The van der Waals surface area contributed by atoms with Crippen LogP contribution < -0.4 is 4.57 Å². The van der Waals surface area contributed by atoms with E-state index in [1.165, 1.54) is 69.7 Å². The molecule has 208 valence electrons. The number of hydrogen-bond acceptors (Lipinski definition) is 1. The maximum atomic E-state index is 2.60. The molecule has 0 saturated heterocycles. The van der Waals surface area contributed by atoms with Gasteiger partial charge in [-0.05, 0) is 88.0 Å². The monoisotopic (exact) mass is 556 g/mol. The van der Waals surface area contributed by atoms with E-state index in [0.717, 1.165) is 6.42 Å². The van der Waals surface area contributed by atoms with Crippen molar-refractivity contribution in [2.24, 2.45) is 5.92 Å². The second kappa shape index (κ2) is 8.65. The molecule has 0 spiro atoms. The van der Waals surface area contributed by atoms with Gasteiger partial charge in [-0.2, -0.15) is 4.57 Å². The zero-order valence-corrected chi connectivity index (χ0v) is 26.9. The minimum atomic E-state index is -0.110. The van der Waals surface area contributed by atoms with Crippen molar-refractivity contribution < 1.29 is 4.57 Å². The second-order valence-corrected chi connectivity index (χ2v) is 15.8. The molecule has 0 bridgehead atoms. The van der Waals surface area contributed by atoms with Gasteiger partial charge in [0.05, 0.1) is 11.0 Å². The number of nitrogens with zero attached hydrogens (tertiary/aromatic N) is 1. The Kier molecular flexibility index (Phi) is 5.62. The molecule has 7 rings (SSSR count). The summed E-state index contributed by atoms with van der Waals surface area (Å²) in [6, 6.07) is 25.8. The van der Waals surface area contributed by atoms with E-state index < -0.39 is 0 Å². The highest BCUT2D eigenvalue weighted by Crippen LogP contribution is 2.53. The smallest absolute Gasteiger partial charge is 0.191 e. The number of fused-ring (bicyclic) bond motifs is 10. The maximum absolute atomic E-state index is 2.60. The van der Waals surface area contributed by atoms with Crippen LogP contribution >= 0.6 is 11.3 Å².